The fourth-order valence-electron chi connectivity index (χ4n) is 1.69. The Labute approximate surface area is 71.4 Å². The van der Waals surface area contributed by atoms with Crippen molar-refractivity contribution in [3.63, 3.8) is 0 Å². The summed E-state index contributed by atoms with van der Waals surface area (Å²) in [6.07, 6.45) is 2.04. The summed E-state index contributed by atoms with van der Waals surface area (Å²) < 4.78 is 0. The Balaban J connectivity index is 2.48. The Morgan fingerprint density at radius 3 is 2.92 bits per heavy atom. The zero-order valence-electron chi connectivity index (χ0n) is 6.84. The highest BCUT2D eigenvalue weighted by atomic mass is 16.1. The molecule has 0 fully saturated rings. The van der Waals surface area contributed by atoms with Gasteiger partial charge in [0, 0.05) is 18.5 Å². The largest absolute Gasteiger partial charge is 0.398 e. The van der Waals surface area contributed by atoms with Crippen LogP contribution in [0, 0.1) is 0 Å². The van der Waals surface area contributed by atoms with Gasteiger partial charge >= 0.3 is 0 Å². The first-order valence-corrected chi connectivity index (χ1v) is 4.15. The zero-order valence-corrected chi connectivity index (χ0v) is 6.84. The number of rotatable bonds is 0. The number of Topliss-reactive ketones (excluding diaryl/α,β-unsaturated/α-hetero) is 1. The Bertz CT molecular complexity index is 331. The molecule has 0 aliphatic heterocycles. The van der Waals surface area contributed by atoms with Crippen molar-refractivity contribution >= 4 is 11.5 Å². The molecule has 1 aliphatic carbocycles. The average Bonchev–Trinajstić information content (AvgIpc) is 2.04. The van der Waals surface area contributed by atoms with Crippen LogP contribution in [0.2, 0.25) is 0 Å². The van der Waals surface area contributed by atoms with E-state index in [4.69, 9.17) is 5.73 Å². The van der Waals surface area contributed by atoms with E-state index in [1.165, 1.54) is 5.56 Å². The lowest BCUT2D eigenvalue weighted by Crippen LogP contribution is -2.14. The fraction of sp³-hybridized carbons (Fsp3) is 0.300. The minimum atomic E-state index is 0.327. The first-order valence-electron chi connectivity index (χ1n) is 4.15. The highest BCUT2D eigenvalue weighted by molar-refractivity contribution is 5.84. The number of ketones is 1. The predicted molar refractivity (Wildman–Crippen MR) is 47.9 cm³/mol. The molecule has 0 spiro atoms. The van der Waals surface area contributed by atoms with Crippen LogP contribution in [0.3, 0.4) is 0 Å². The van der Waals surface area contributed by atoms with Crippen LogP contribution in [0.4, 0.5) is 5.69 Å². The van der Waals surface area contributed by atoms with Gasteiger partial charge in [-0.05, 0) is 23.6 Å². The molecule has 62 valence electrons. The Kier molecular flexibility index (Phi) is 1.61. The molecule has 12 heavy (non-hydrogen) atoms. The second kappa shape index (κ2) is 2.63. The SMILES string of the molecule is Nc1cccc2c1CCC(=O)C2. The summed E-state index contributed by atoms with van der Waals surface area (Å²) in [6.45, 7) is 0. The monoisotopic (exact) mass is 161 g/mol. The summed E-state index contributed by atoms with van der Waals surface area (Å²) in [5, 5.41) is 0. The lowest BCUT2D eigenvalue weighted by atomic mass is 9.90. The molecule has 0 amide bonds. The molecule has 0 saturated carbocycles. The molecule has 0 atom stereocenters. The smallest absolute Gasteiger partial charge is 0.137 e. The van der Waals surface area contributed by atoms with Gasteiger partial charge in [-0.2, -0.15) is 0 Å². The highest BCUT2D eigenvalue weighted by Gasteiger charge is 2.16. The van der Waals surface area contributed by atoms with Gasteiger partial charge in [0.25, 0.3) is 0 Å². The van der Waals surface area contributed by atoms with Crippen molar-refractivity contribution in [2.45, 2.75) is 19.3 Å². The molecule has 0 bridgehead atoms. The maximum Gasteiger partial charge on any atom is 0.137 e. The summed E-state index contributed by atoms with van der Waals surface area (Å²) in [4.78, 5) is 11.1. The highest BCUT2D eigenvalue weighted by Crippen LogP contribution is 2.23. The van der Waals surface area contributed by atoms with Gasteiger partial charge in [0.2, 0.25) is 0 Å². The van der Waals surface area contributed by atoms with E-state index in [0.29, 0.717) is 18.6 Å². The molecule has 0 unspecified atom stereocenters. The maximum absolute atomic E-state index is 11.1. The number of benzene rings is 1. The minimum Gasteiger partial charge on any atom is -0.398 e. The molecule has 0 radical (unpaired) electrons. The van der Waals surface area contributed by atoms with Crippen molar-refractivity contribution in [2.75, 3.05) is 5.73 Å². The number of fused-ring (bicyclic) bond motifs is 1. The van der Waals surface area contributed by atoms with Crippen molar-refractivity contribution in [1.82, 2.24) is 0 Å². The van der Waals surface area contributed by atoms with Gasteiger partial charge in [0.1, 0.15) is 5.78 Å². The van der Waals surface area contributed by atoms with E-state index in [1.807, 2.05) is 18.2 Å². The van der Waals surface area contributed by atoms with E-state index < -0.39 is 0 Å². The number of hydrogen-bond acceptors (Lipinski definition) is 2. The van der Waals surface area contributed by atoms with Gasteiger partial charge in [0.15, 0.2) is 0 Å². The summed E-state index contributed by atoms with van der Waals surface area (Å²) in [5.41, 5.74) is 8.90. The van der Waals surface area contributed by atoms with Crippen LogP contribution in [0.15, 0.2) is 18.2 Å². The minimum absolute atomic E-state index is 0.327. The predicted octanol–water partition coefficient (Wildman–Crippen LogP) is 1.33. The number of nitrogens with two attached hydrogens (primary N) is 1. The van der Waals surface area contributed by atoms with E-state index in [9.17, 15) is 4.79 Å². The summed E-state index contributed by atoms with van der Waals surface area (Å²) in [6, 6.07) is 5.80. The standard InChI is InChI=1S/C10H11NO/c11-10-3-1-2-7-6-8(12)4-5-9(7)10/h1-3H,4-6,11H2. The second-order valence-corrected chi connectivity index (χ2v) is 3.20. The van der Waals surface area contributed by atoms with Gasteiger partial charge in [-0.25, -0.2) is 0 Å². The van der Waals surface area contributed by atoms with E-state index in [2.05, 4.69) is 0 Å². The van der Waals surface area contributed by atoms with Crippen LogP contribution in [0.25, 0.3) is 0 Å². The lowest BCUT2D eigenvalue weighted by molar-refractivity contribution is -0.118. The molecule has 1 aromatic rings. The molecule has 2 rings (SSSR count). The normalized spacial score (nSPS) is 15.8. The summed E-state index contributed by atoms with van der Waals surface area (Å²) >= 11 is 0. The third-order valence-corrected chi connectivity index (χ3v) is 2.35. The number of hydrogen-bond donors (Lipinski definition) is 1. The summed E-state index contributed by atoms with van der Waals surface area (Å²) in [5.74, 6) is 0.327. The Morgan fingerprint density at radius 1 is 1.25 bits per heavy atom. The van der Waals surface area contributed by atoms with E-state index in [0.717, 1.165) is 17.7 Å². The average molecular weight is 161 g/mol. The van der Waals surface area contributed by atoms with E-state index >= 15 is 0 Å². The van der Waals surface area contributed by atoms with Crippen LogP contribution in [-0.4, -0.2) is 5.78 Å². The first-order chi connectivity index (χ1) is 5.77. The van der Waals surface area contributed by atoms with Gasteiger partial charge in [-0.1, -0.05) is 12.1 Å². The Morgan fingerprint density at radius 2 is 2.08 bits per heavy atom. The van der Waals surface area contributed by atoms with Gasteiger partial charge < -0.3 is 5.73 Å². The number of nitrogen functional groups attached to an aromatic ring is 1. The molecule has 0 aromatic heterocycles. The molecular weight excluding hydrogens is 150 g/mol. The van der Waals surface area contributed by atoms with Crippen LogP contribution < -0.4 is 5.73 Å². The molecule has 0 saturated heterocycles. The third-order valence-electron chi connectivity index (χ3n) is 2.35. The van der Waals surface area contributed by atoms with Crippen LogP contribution in [0.5, 0.6) is 0 Å². The molecular formula is C10H11NO. The van der Waals surface area contributed by atoms with Gasteiger partial charge in [-0.3, -0.25) is 4.79 Å². The van der Waals surface area contributed by atoms with E-state index in [1.54, 1.807) is 0 Å². The third kappa shape index (κ3) is 1.09. The van der Waals surface area contributed by atoms with Crippen LogP contribution in [-0.2, 0) is 17.6 Å². The van der Waals surface area contributed by atoms with Crippen molar-refractivity contribution in [2.24, 2.45) is 0 Å². The second-order valence-electron chi connectivity index (χ2n) is 3.20. The molecule has 2 nitrogen and oxygen atoms in total. The zero-order chi connectivity index (χ0) is 8.55. The van der Waals surface area contributed by atoms with Crippen LogP contribution in [0.1, 0.15) is 17.5 Å². The molecule has 2 heteroatoms. The van der Waals surface area contributed by atoms with Crippen molar-refractivity contribution in [3.8, 4) is 0 Å². The maximum atomic E-state index is 11.1. The van der Waals surface area contributed by atoms with Crippen molar-refractivity contribution < 1.29 is 4.79 Å². The number of anilines is 1. The molecule has 1 aliphatic rings. The number of carbonyl (C=O) groups excluding carboxylic acids is 1. The molecule has 2 N–H and O–H groups in total. The summed E-state index contributed by atoms with van der Waals surface area (Å²) in [7, 11) is 0. The fourth-order valence-corrected chi connectivity index (χ4v) is 1.69. The molecule has 1 aromatic carbocycles. The van der Waals surface area contributed by atoms with Gasteiger partial charge in [-0.15, -0.1) is 0 Å². The Hall–Kier alpha value is -1.31. The lowest BCUT2D eigenvalue weighted by Gasteiger charge is -2.16. The van der Waals surface area contributed by atoms with Crippen LogP contribution >= 0.6 is 0 Å². The molecule has 0 heterocycles. The quantitative estimate of drug-likeness (QED) is 0.583. The first kappa shape index (κ1) is 7.35. The van der Waals surface area contributed by atoms with E-state index in [-0.39, 0.29) is 0 Å². The van der Waals surface area contributed by atoms with Crippen molar-refractivity contribution in [1.29, 1.82) is 0 Å². The van der Waals surface area contributed by atoms with Crippen molar-refractivity contribution in [3.05, 3.63) is 29.3 Å². The topological polar surface area (TPSA) is 43.1 Å². The number of carbonyl (C=O) groups is 1. The van der Waals surface area contributed by atoms with Gasteiger partial charge in [0.05, 0.1) is 0 Å².